The molecular weight excluding hydrogens is 448 g/mol. The molecule has 2 unspecified atom stereocenters. The topological polar surface area (TPSA) is 98.6 Å². The van der Waals surface area contributed by atoms with Crippen molar-refractivity contribution in [2.24, 2.45) is 46.3 Å². The lowest BCUT2D eigenvalue weighted by Crippen LogP contribution is -2.54. The van der Waals surface area contributed by atoms with Crippen molar-refractivity contribution in [1.82, 2.24) is 0 Å². The van der Waals surface area contributed by atoms with E-state index < -0.39 is 5.97 Å². The molecule has 0 amide bonds. The highest BCUT2D eigenvalue weighted by atomic mass is 16.5. The van der Waals surface area contributed by atoms with E-state index in [1.54, 1.807) is 6.07 Å². The Morgan fingerprint density at radius 3 is 2.42 bits per heavy atom. The summed E-state index contributed by atoms with van der Waals surface area (Å²) in [5.41, 5.74) is 15.3. The number of hydrogen-bond donors (Lipinski definition) is 3. The third-order valence-electron chi connectivity index (χ3n) is 11.7. The molecular formula is C31H48N2O3. The lowest BCUT2D eigenvalue weighted by atomic mass is 9.44. The average Bonchev–Trinajstić information content (AvgIpc) is 3.18. The average molecular weight is 497 g/mol. The number of carboxylic acid groups (broad SMARTS) is 1. The van der Waals surface area contributed by atoms with Gasteiger partial charge in [0.1, 0.15) is 0 Å². The Balaban J connectivity index is 1.22. The fourth-order valence-electron chi connectivity index (χ4n) is 9.94. The van der Waals surface area contributed by atoms with E-state index in [1.165, 1.54) is 51.4 Å². The van der Waals surface area contributed by atoms with Gasteiger partial charge in [0.05, 0.1) is 12.7 Å². The number of benzene rings is 1. The van der Waals surface area contributed by atoms with Crippen LogP contribution in [0.4, 0.5) is 11.4 Å². The molecule has 4 saturated carbocycles. The highest BCUT2D eigenvalue weighted by molar-refractivity contribution is 5.66. The van der Waals surface area contributed by atoms with Gasteiger partial charge < -0.3 is 21.3 Å². The Morgan fingerprint density at radius 2 is 1.69 bits per heavy atom. The molecule has 0 heterocycles. The molecule has 0 radical (unpaired) electrons. The number of nitrogen functional groups attached to an aromatic ring is 2. The Kier molecular flexibility index (Phi) is 7.08. The number of nitrogens with two attached hydrogens (primary N) is 2. The van der Waals surface area contributed by atoms with Crippen LogP contribution in [0.15, 0.2) is 18.2 Å². The van der Waals surface area contributed by atoms with Gasteiger partial charge in [-0.05, 0) is 134 Å². The third-order valence-corrected chi connectivity index (χ3v) is 11.7. The van der Waals surface area contributed by atoms with Crippen molar-refractivity contribution in [3.8, 4) is 0 Å². The molecule has 0 bridgehead atoms. The molecule has 4 aliphatic carbocycles. The number of anilines is 2. The fraction of sp³-hybridized carbons (Fsp3) is 0.774. The van der Waals surface area contributed by atoms with Crippen molar-refractivity contribution >= 4 is 17.3 Å². The van der Waals surface area contributed by atoms with Gasteiger partial charge in [-0.1, -0.05) is 20.8 Å². The summed E-state index contributed by atoms with van der Waals surface area (Å²) >= 11 is 0. The zero-order valence-corrected chi connectivity index (χ0v) is 22.7. The number of hydrogen-bond acceptors (Lipinski definition) is 4. The van der Waals surface area contributed by atoms with Crippen molar-refractivity contribution in [2.45, 2.75) is 104 Å². The molecule has 36 heavy (non-hydrogen) atoms. The second kappa shape index (κ2) is 9.85. The zero-order chi connectivity index (χ0) is 25.7. The maximum atomic E-state index is 11.2. The molecule has 4 aliphatic rings. The summed E-state index contributed by atoms with van der Waals surface area (Å²) in [6.07, 6.45) is 13.2. The van der Waals surface area contributed by atoms with Gasteiger partial charge in [0.25, 0.3) is 0 Å². The SMILES string of the molecule is C[C@H](CCC(=O)O)[C@H]1CC[C@H]2[C@@H]3CCC4CC(OCc5cc(N)cc(N)c5)CC[C@]4(C)[C@H]3CC[C@]12C. The van der Waals surface area contributed by atoms with Crippen LogP contribution >= 0.6 is 0 Å². The molecule has 0 aliphatic heterocycles. The number of carbonyl (C=O) groups is 1. The van der Waals surface area contributed by atoms with Crippen molar-refractivity contribution in [3.05, 3.63) is 23.8 Å². The molecule has 4 fully saturated rings. The molecule has 5 N–H and O–H groups in total. The highest BCUT2D eigenvalue weighted by Crippen LogP contribution is 2.68. The number of aliphatic carboxylic acids is 1. The molecule has 0 saturated heterocycles. The van der Waals surface area contributed by atoms with Gasteiger partial charge >= 0.3 is 5.97 Å². The summed E-state index contributed by atoms with van der Waals surface area (Å²) in [7, 11) is 0. The lowest BCUT2D eigenvalue weighted by Gasteiger charge is -2.61. The Labute approximate surface area is 217 Å². The van der Waals surface area contributed by atoms with Crippen LogP contribution < -0.4 is 11.5 Å². The number of rotatable bonds is 7. The summed E-state index contributed by atoms with van der Waals surface area (Å²) in [6.45, 7) is 8.11. The first-order chi connectivity index (χ1) is 17.1. The predicted molar refractivity (Wildman–Crippen MR) is 145 cm³/mol. The van der Waals surface area contributed by atoms with Crippen molar-refractivity contribution in [1.29, 1.82) is 0 Å². The minimum absolute atomic E-state index is 0.318. The summed E-state index contributed by atoms with van der Waals surface area (Å²) in [4.78, 5) is 11.2. The Morgan fingerprint density at radius 1 is 1.00 bits per heavy atom. The summed E-state index contributed by atoms with van der Waals surface area (Å²) in [5.74, 6) is 3.86. The van der Waals surface area contributed by atoms with Crippen LogP contribution in [0, 0.1) is 46.3 Å². The molecule has 0 aromatic heterocycles. The number of fused-ring (bicyclic) bond motifs is 5. The highest BCUT2D eigenvalue weighted by Gasteiger charge is 2.60. The standard InChI is InChI=1S/C31H48N2O3/c1-19(4-9-29(34)35)26-7-8-27-25-6-5-21-16-24(36-18-20-14-22(32)17-23(33)15-20)10-12-30(21,2)28(25)11-13-31(26,27)3/h14-15,17,19,21,24-28H,4-13,16,18,32-33H2,1-3H3,(H,34,35)/t19-,21?,24?,25+,26-,27+,28+,30+,31-/m1/s1. The van der Waals surface area contributed by atoms with Gasteiger partial charge in [0.15, 0.2) is 0 Å². The van der Waals surface area contributed by atoms with E-state index in [2.05, 4.69) is 20.8 Å². The minimum Gasteiger partial charge on any atom is -0.481 e. The van der Waals surface area contributed by atoms with E-state index in [0.29, 0.717) is 53.2 Å². The van der Waals surface area contributed by atoms with Crippen LogP contribution in [0.2, 0.25) is 0 Å². The minimum atomic E-state index is -0.645. The smallest absolute Gasteiger partial charge is 0.303 e. The van der Waals surface area contributed by atoms with Crippen LogP contribution in [0.25, 0.3) is 0 Å². The maximum absolute atomic E-state index is 11.2. The summed E-state index contributed by atoms with van der Waals surface area (Å²) in [6, 6.07) is 5.75. The normalized spacial score (nSPS) is 40.6. The predicted octanol–water partition coefficient (Wildman–Crippen LogP) is 6.90. The first kappa shape index (κ1) is 25.9. The molecule has 1 aromatic carbocycles. The van der Waals surface area contributed by atoms with Crippen molar-refractivity contribution in [3.63, 3.8) is 0 Å². The number of ether oxygens (including phenoxy) is 1. The molecule has 5 heteroatoms. The van der Waals surface area contributed by atoms with E-state index in [-0.39, 0.29) is 0 Å². The molecule has 200 valence electrons. The van der Waals surface area contributed by atoms with E-state index in [1.807, 2.05) is 12.1 Å². The van der Waals surface area contributed by atoms with Crippen LogP contribution in [0.5, 0.6) is 0 Å². The Bertz CT molecular complexity index is 945. The fourth-order valence-corrected chi connectivity index (χ4v) is 9.94. The van der Waals surface area contributed by atoms with Crippen LogP contribution in [0.3, 0.4) is 0 Å². The summed E-state index contributed by atoms with van der Waals surface area (Å²) in [5, 5.41) is 9.21. The van der Waals surface area contributed by atoms with Crippen LogP contribution in [0.1, 0.15) is 97.0 Å². The second-order valence-electron chi connectivity index (χ2n) is 13.5. The maximum Gasteiger partial charge on any atom is 0.303 e. The first-order valence-electron chi connectivity index (χ1n) is 14.6. The Hall–Kier alpha value is -1.75. The largest absolute Gasteiger partial charge is 0.481 e. The molecule has 5 rings (SSSR count). The molecule has 1 aromatic rings. The van der Waals surface area contributed by atoms with Crippen LogP contribution in [-0.2, 0) is 16.1 Å². The van der Waals surface area contributed by atoms with Gasteiger partial charge in [-0.2, -0.15) is 0 Å². The lowest BCUT2D eigenvalue weighted by molar-refractivity contribution is -0.140. The van der Waals surface area contributed by atoms with Crippen LogP contribution in [-0.4, -0.2) is 17.2 Å². The molecule has 5 nitrogen and oxygen atoms in total. The third kappa shape index (κ3) is 4.66. The van der Waals surface area contributed by atoms with Gasteiger partial charge in [0, 0.05) is 17.8 Å². The zero-order valence-electron chi connectivity index (χ0n) is 22.7. The van der Waals surface area contributed by atoms with E-state index in [4.69, 9.17) is 16.2 Å². The van der Waals surface area contributed by atoms with E-state index >= 15 is 0 Å². The van der Waals surface area contributed by atoms with Crippen molar-refractivity contribution in [2.75, 3.05) is 11.5 Å². The van der Waals surface area contributed by atoms with Gasteiger partial charge in [-0.25, -0.2) is 0 Å². The number of carboxylic acids is 1. The van der Waals surface area contributed by atoms with Gasteiger partial charge in [-0.3, -0.25) is 4.79 Å². The van der Waals surface area contributed by atoms with Gasteiger partial charge in [-0.15, -0.1) is 0 Å². The second-order valence-corrected chi connectivity index (χ2v) is 13.5. The van der Waals surface area contributed by atoms with Crippen molar-refractivity contribution < 1.29 is 14.6 Å². The quantitative estimate of drug-likeness (QED) is 0.357. The summed E-state index contributed by atoms with van der Waals surface area (Å²) < 4.78 is 6.42. The van der Waals surface area contributed by atoms with E-state index in [0.717, 1.165) is 42.1 Å². The molecule has 0 spiro atoms. The van der Waals surface area contributed by atoms with E-state index in [9.17, 15) is 9.90 Å². The first-order valence-corrected chi connectivity index (χ1v) is 14.6. The molecule has 9 atom stereocenters. The van der Waals surface area contributed by atoms with Gasteiger partial charge in [0.2, 0.25) is 0 Å². The monoisotopic (exact) mass is 496 g/mol.